The molecule has 1 saturated carbocycles. The van der Waals surface area contributed by atoms with Crippen LogP contribution >= 0.6 is 0 Å². The first-order chi connectivity index (χ1) is 15.8. The molecule has 172 valence electrons. The van der Waals surface area contributed by atoms with Gasteiger partial charge in [0.2, 0.25) is 5.90 Å². The SMILES string of the molecule is Cc1ccc(NC(=O)N2[C@@H]3C[C@@H](C)C[C@@]2(C(=N)OC(=N)C2CC2)C3)cc1-c1ncc(F)cn1. The highest BCUT2D eigenvalue weighted by atomic mass is 19.1. The predicted molar refractivity (Wildman–Crippen MR) is 122 cm³/mol. The van der Waals surface area contributed by atoms with E-state index in [9.17, 15) is 9.18 Å². The summed E-state index contributed by atoms with van der Waals surface area (Å²) in [6.07, 6.45) is 6.30. The van der Waals surface area contributed by atoms with Crippen molar-refractivity contribution in [1.29, 1.82) is 10.8 Å². The molecule has 0 unspecified atom stereocenters. The van der Waals surface area contributed by atoms with Gasteiger partial charge in [0.15, 0.2) is 17.5 Å². The number of ether oxygens (including phenoxy) is 1. The lowest BCUT2D eigenvalue weighted by atomic mass is 9.64. The number of amides is 2. The Morgan fingerprint density at radius 3 is 2.67 bits per heavy atom. The maximum Gasteiger partial charge on any atom is 0.322 e. The summed E-state index contributed by atoms with van der Waals surface area (Å²) < 4.78 is 18.9. The van der Waals surface area contributed by atoms with E-state index in [1.807, 2.05) is 13.0 Å². The summed E-state index contributed by atoms with van der Waals surface area (Å²) in [5.74, 6) is 0.489. The van der Waals surface area contributed by atoms with Gasteiger partial charge in [0.1, 0.15) is 5.54 Å². The lowest BCUT2D eigenvalue weighted by Crippen LogP contribution is -2.75. The van der Waals surface area contributed by atoms with Crippen molar-refractivity contribution < 1.29 is 13.9 Å². The molecule has 5 rings (SSSR count). The molecule has 33 heavy (non-hydrogen) atoms. The maximum atomic E-state index is 13.4. The van der Waals surface area contributed by atoms with E-state index >= 15 is 0 Å². The van der Waals surface area contributed by atoms with Crippen LogP contribution in [-0.4, -0.2) is 44.3 Å². The van der Waals surface area contributed by atoms with Gasteiger partial charge in [-0.25, -0.2) is 19.2 Å². The number of nitrogens with zero attached hydrogens (tertiary/aromatic N) is 3. The minimum Gasteiger partial charge on any atom is -0.427 e. The van der Waals surface area contributed by atoms with Crippen LogP contribution in [-0.2, 0) is 4.74 Å². The molecule has 1 aromatic carbocycles. The van der Waals surface area contributed by atoms with Crippen molar-refractivity contribution in [2.45, 2.75) is 57.5 Å². The van der Waals surface area contributed by atoms with E-state index in [1.165, 1.54) is 0 Å². The smallest absolute Gasteiger partial charge is 0.322 e. The van der Waals surface area contributed by atoms with Crippen molar-refractivity contribution in [3.63, 3.8) is 0 Å². The molecule has 1 aliphatic carbocycles. The largest absolute Gasteiger partial charge is 0.427 e. The molecule has 0 radical (unpaired) electrons. The van der Waals surface area contributed by atoms with E-state index in [0.717, 1.165) is 37.2 Å². The number of urea groups is 1. The predicted octanol–water partition coefficient (Wildman–Crippen LogP) is 4.75. The highest BCUT2D eigenvalue weighted by Gasteiger charge is 2.62. The molecule has 2 saturated heterocycles. The molecule has 2 bridgehead atoms. The van der Waals surface area contributed by atoms with E-state index in [2.05, 4.69) is 22.2 Å². The average molecular weight is 451 g/mol. The first-order valence-corrected chi connectivity index (χ1v) is 11.3. The molecule has 0 spiro atoms. The third-order valence-electron chi connectivity index (χ3n) is 6.91. The van der Waals surface area contributed by atoms with Crippen LogP contribution in [0.3, 0.4) is 0 Å². The monoisotopic (exact) mass is 450 g/mol. The van der Waals surface area contributed by atoms with Gasteiger partial charge in [-0.15, -0.1) is 0 Å². The number of nitrogens with one attached hydrogen (secondary N) is 3. The normalized spacial score (nSPS) is 25.7. The minimum absolute atomic E-state index is 0.00153. The van der Waals surface area contributed by atoms with Gasteiger partial charge in [-0.1, -0.05) is 13.0 Å². The molecule has 3 N–H and O–H groups in total. The minimum atomic E-state index is -0.804. The average Bonchev–Trinajstić information content (AvgIpc) is 3.60. The number of fused-ring (bicyclic) bond motifs is 2. The molecule has 2 amide bonds. The molecular formula is C24H27FN6O2. The third kappa shape index (κ3) is 3.85. The summed E-state index contributed by atoms with van der Waals surface area (Å²) in [5.41, 5.74) is 1.37. The van der Waals surface area contributed by atoms with Crippen LogP contribution in [0.2, 0.25) is 0 Å². The van der Waals surface area contributed by atoms with E-state index in [1.54, 1.807) is 17.0 Å². The highest BCUT2D eigenvalue weighted by Crippen LogP contribution is 2.51. The molecule has 8 nitrogen and oxygen atoms in total. The Balaban J connectivity index is 1.36. The topological polar surface area (TPSA) is 115 Å². The molecule has 1 aromatic heterocycles. The summed E-state index contributed by atoms with van der Waals surface area (Å²) >= 11 is 0. The van der Waals surface area contributed by atoms with Gasteiger partial charge in [-0.05, 0) is 56.2 Å². The van der Waals surface area contributed by atoms with Gasteiger partial charge >= 0.3 is 6.03 Å². The lowest BCUT2D eigenvalue weighted by molar-refractivity contribution is -0.0540. The second kappa shape index (κ2) is 7.90. The highest BCUT2D eigenvalue weighted by molar-refractivity contribution is 6.01. The molecule has 3 fully saturated rings. The number of aromatic nitrogens is 2. The number of aryl methyl sites for hydroxylation is 1. The van der Waals surface area contributed by atoms with Crippen LogP contribution < -0.4 is 5.32 Å². The summed E-state index contributed by atoms with van der Waals surface area (Å²) in [7, 11) is 0. The first-order valence-electron chi connectivity index (χ1n) is 11.3. The second-order valence-electron chi connectivity index (χ2n) is 9.56. The number of halogens is 1. The van der Waals surface area contributed by atoms with Crippen LogP contribution in [0, 0.1) is 35.4 Å². The van der Waals surface area contributed by atoms with Crippen molar-refractivity contribution in [3.8, 4) is 11.4 Å². The van der Waals surface area contributed by atoms with E-state index in [-0.39, 0.29) is 29.8 Å². The Morgan fingerprint density at radius 1 is 1.24 bits per heavy atom. The number of carbonyl (C=O) groups is 1. The Morgan fingerprint density at radius 2 is 1.97 bits per heavy atom. The van der Waals surface area contributed by atoms with Gasteiger partial charge < -0.3 is 15.0 Å². The molecular weight excluding hydrogens is 423 g/mol. The molecule has 9 heteroatoms. The fraction of sp³-hybridized carbons (Fsp3) is 0.458. The summed E-state index contributed by atoms with van der Waals surface area (Å²) in [6, 6.07) is 5.18. The summed E-state index contributed by atoms with van der Waals surface area (Å²) in [4.78, 5) is 23.2. The number of anilines is 1. The fourth-order valence-electron chi connectivity index (χ4n) is 5.18. The second-order valence-corrected chi connectivity index (χ2v) is 9.56. The van der Waals surface area contributed by atoms with Crippen LogP contribution in [0.5, 0.6) is 0 Å². The van der Waals surface area contributed by atoms with Gasteiger partial charge in [-0.3, -0.25) is 10.8 Å². The van der Waals surface area contributed by atoms with Gasteiger partial charge in [0, 0.05) is 29.6 Å². The third-order valence-corrected chi connectivity index (χ3v) is 6.91. The maximum absolute atomic E-state index is 13.4. The molecule has 3 heterocycles. The Bertz CT molecular complexity index is 1130. The van der Waals surface area contributed by atoms with E-state index in [4.69, 9.17) is 15.6 Å². The van der Waals surface area contributed by atoms with Crippen molar-refractivity contribution in [2.75, 3.05) is 5.32 Å². The van der Waals surface area contributed by atoms with Crippen LogP contribution in [0.4, 0.5) is 14.9 Å². The van der Waals surface area contributed by atoms with Crippen LogP contribution in [0.1, 0.15) is 44.6 Å². The van der Waals surface area contributed by atoms with Crippen molar-refractivity contribution >= 4 is 23.5 Å². The van der Waals surface area contributed by atoms with Gasteiger partial charge in [0.05, 0.1) is 12.4 Å². The van der Waals surface area contributed by atoms with Crippen LogP contribution in [0.15, 0.2) is 30.6 Å². The van der Waals surface area contributed by atoms with Crippen molar-refractivity contribution in [1.82, 2.24) is 14.9 Å². The Hall–Kier alpha value is -3.36. The number of benzene rings is 1. The molecule has 3 aliphatic rings. The summed E-state index contributed by atoms with van der Waals surface area (Å²) in [6.45, 7) is 4.03. The van der Waals surface area contributed by atoms with Gasteiger partial charge in [-0.2, -0.15) is 0 Å². The zero-order valence-electron chi connectivity index (χ0n) is 18.7. The first kappa shape index (κ1) is 21.5. The van der Waals surface area contributed by atoms with E-state index < -0.39 is 11.4 Å². The number of carbonyl (C=O) groups excluding carboxylic acids is 1. The zero-order valence-corrected chi connectivity index (χ0v) is 18.7. The number of rotatable bonds is 4. The fourth-order valence-corrected chi connectivity index (χ4v) is 5.18. The van der Waals surface area contributed by atoms with Crippen LogP contribution in [0.25, 0.3) is 11.4 Å². The molecule has 2 aromatic rings. The summed E-state index contributed by atoms with van der Waals surface area (Å²) in [5, 5.41) is 19.7. The number of hydrogen-bond donors (Lipinski definition) is 3. The van der Waals surface area contributed by atoms with E-state index in [0.29, 0.717) is 35.8 Å². The molecule has 2 aliphatic heterocycles. The van der Waals surface area contributed by atoms with Gasteiger partial charge in [0.25, 0.3) is 0 Å². The quantitative estimate of drug-likeness (QED) is 0.461. The lowest BCUT2D eigenvalue weighted by Gasteiger charge is -2.62. The molecule has 3 atom stereocenters. The number of hydrogen-bond acceptors (Lipinski definition) is 6. The van der Waals surface area contributed by atoms with Crippen molar-refractivity contribution in [3.05, 3.63) is 42.0 Å². The Labute approximate surface area is 191 Å². The Kier molecular flexibility index (Phi) is 5.14. The zero-order chi connectivity index (χ0) is 23.3. The number of piperidine rings is 1. The van der Waals surface area contributed by atoms with Crippen molar-refractivity contribution in [2.24, 2.45) is 11.8 Å². The standard InChI is InChI=1S/C24H27FN6O2/c1-13-7-18-10-24(9-13,22(27)33-20(26)15-4-5-15)31(18)23(32)30-17-6-3-14(2)19(8-17)21-28-11-16(25)12-29-21/h3,6,8,11-13,15,18,26-27H,4-5,7,9-10H2,1-2H3,(H,30,32)/t13-,18-,24+/m1/s1.